The summed E-state index contributed by atoms with van der Waals surface area (Å²) in [5, 5.41) is 1.72. The van der Waals surface area contributed by atoms with E-state index in [0.717, 1.165) is 0 Å². The first-order valence-corrected chi connectivity index (χ1v) is 8.63. The maximum Gasteiger partial charge on any atom is 0.0799 e. The molecule has 0 aromatic carbocycles. The van der Waals surface area contributed by atoms with Crippen molar-refractivity contribution in [2.45, 2.75) is 66.6 Å². The minimum absolute atomic E-state index is 0.349. The van der Waals surface area contributed by atoms with E-state index in [0.29, 0.717) is 5.41 Å². The van der Waals surface area contributed by atoms with Crippen LogP contribution in [0.15, 0.2) is 11.3 Å². The quantitative estimate of drug-likeness (QED) is 0.574. The predicted molar refractivity (Wildman–Crippen MR) is 70.4 cm³/mol. The Balaban J connectivity index is 4.94. The highest BCUT2D eigenvalue weighted by Crippen LogP contribution is 2.31. The summed E-state index contributed by atoms with van der Waals surface area (Å²) in [6, 6.07) is 4.20. The molecule has 84 valence electrons. The highest BCUT2D eigenvalue weighted by atomic mass is 28.3. The summed E-state index contributed by atoms with van der Waals surface area (Å²) in [6.07, 6.45) is 2.51. The lowest BCUT2D eigenvalue weighted by atomic mass is 9.96. The van der Waals surface area contributed by atoms with Crippen molar-refractivity contribution in [2.24, 2.45) is 5.41 Å². The van der Waals surface area contributed by atoms with E-state index in [4.69, 9.17) is 0 Å². The zero-order valence-electron chi connectivity index (χ0n) is 11.2. The third kappa shape index (κ3) is 3.60. The molecule has 0 aliphatic heterocycles. The van der Waals surface area contributed by atoms with Gasteiger partial charge in [-0.2, -0.15) is 0 Å². The monoisotopic (exact) mass is 212 g/mol. The van der Waals surface area contributed by atoms with Gasteiger partial charge in [-0.1, -0.05) is 70.9 Å². The Bertz CT molecular complexity index is 184. The smallest absolute Gasteiger partial charge is 0.0799 e. The second-order valence-corrected chi connectivity index (χ2v) is 11.0. The van der Waals surface area contributed by atoms with Crippen LogP contribution in [0.4, 0.5) is 0 Å². The van der Waals surface area contributed by atoms with Gasteiger partial charge in [0.25, 0.3) is 0 Å². The Morgan fingerprint density at radius 2 is 1.36 bits per heavy atom. The maximum absolute atomic E-state index is 2.51. The Hall–Kier alpha value is -0.0431. The molecule has 0 saturated carbocycles. The second kappa shape index (κ2) is 5.15. The molecule has 0 heterocycles. The molecular formula is C13H28Si. The highest BCUT2D eigenvalue weighted by molar-refractivity contribution is 6.86. The zero-order valence-corrected chi connectivity index (χ0v) is 12.2. The minimum atomic E-state index is -1.07. The molecule has 0 bridgehead atoms. The number of hydrogen-bond acceptors (Lipinski definition) is 0. The van der Waals surface area contributed by atoms with Gasteiger partial charge in [0.15, 0.2) is 0 Å². The average Bonchev–Trinajstić information content (AvgIpc) is 2.05. The Morgan fingerprint density at radius 1 is 1.00 bits per heavy atom. The molecule has 14 heavy (non-hydrogen) atoms. The molecular weight excluding hydrogens is 184 g/mol. The lowest BCUT2D eigenvalue weighted by Gasteiger charge is -2.31. The topological polar surface area (TPSA) is 0 Å². The maximum atomic E-state index is 2.51. The number of rotatable bonds is 4. The van der Waals surface area contributed by atoms with E-state index in [1.54, 1.807) is 5.20 Å². The van der Waals surface area contributed by atoms with Crippen LogP contribution in [0, 0.1) is 5.41 Å². The van der Waals surface area contributed by atoms with E-state index in [1.165, 1.54) is 18.1 Å². The van der Waals surface area contributed by atoms with Crippen molar-refractivity contribution in [3.8, 4) is 0 Å². The van der Waals surface area contributed by atoms with E-state index < -0.39 is 8.07 Å². The number of hydrogen-bond donors (Lipinski definition) is 0. The fraction of sp³-hybridized carbons (Fsp3) is 0.846. The third-order valence-electron chi connectivity index (χ3n) is 3.52. The van der Waals surface area contributed by atoms with Crippen LogP contribution in [0.25, 0.3) is 0 Å². The van der Waals surface area contributed by atoms with Gasteiger partial charge in [-0.05, 0) is 12.3 Å². The fourth-order valence-corrected chi connectivity index (χ4v) is 6.30. The molecule has 0 nitrogen and oxygen atoms in total. The van der Waals surface area contributed by atoms with Gasteiger partial charge in [-0.15, -0.1) is 0 Å². The molecule has 0 aliphatic rings. The van der Waals surface area contributed by atoms with E-state index in [2.05, 4.69) is 54.5 Å². The van der Waals surface area contributed by atoms with E-state index in [9.17, 15) is 0 Å². The molecule has 0 aliphatic carbocycles. The van der Waals surface area contributed by atoms with Gasteiger partial charge in [0.05, 0.1) is 8.07 Å². The van der Waals surface area contributed by atoms with Gasteiger partial charge in [0, 0.05) is 0 Å². The molecule has 0 unspecified atom stereocenters. The summed E-state index contributed by atoms with van der Waals surface area (Å²) in [6.45, 7) is 16.4. The summed E-state index contributed by atoms with van der Waals surface area (Å²) in [4.78, 5) is 0. The van der Waals surface area contributed by atoms with Crippen LogP contribution >= 0.6 is 0 Å². The normalized spacial score (nSPS) is 14.6. The van der Waals surface area contributed by atoms with Crippen LogP contribution in [0.3, 0.4) is 0 Å². The molecule has 0 N–H and O–H groups in total. The van der Waals surface area contributed by atoms with Crippen molar-refractivity contribution >= 4 is 8.07 Å². The van der Waals surface area contributed by atoms with Crippen molar-refractivity contribution in [3.05, 3.63) is 11.3 Å². The van der Waals surface area contributed by atoms with E-state index in [-0.39, 0.29) is 0 Å². The summed E-state index contributed by atoms with van der Waals surface area (Å²) in [7, 11) is -1.07. The van der Waals surface area contributed by atoms with Gasteiger partial charge in [-0.25, -0.2) is 0 Å². The summed E-state index contributed by atoms with van der Waals surface area (Å²) in [5.41, 5.74) is 0.349. The molecule has 0 spiro atoms. The first-order valence-electron chi connectivity index (χ1n) is 6.01. The second-order valence-electron chi connectivity index (χ2n) is 5.53. The van der Waals surface area contributed by atoms with Crippen LogP contribution in [-0.4, -0.2) is 8.07 Å². The predicted octanol–water partition coefficient (Wildman–Crippen LogP) is 5.03. The summed E-state index contributed by atoms with van der Waals surface area (Å²) >= 11 is 0. The molecule has 0 fully saturated rings. The highest BCUT2D eigenvalue weighted by Gasteiger charge is 2.29. The van der Waals surface area contributed by atoms with Gasteiger partial charge in [0.1, 0.15) is 0 Å². The zero-order chi connectivity index (χ0) is 11.4. The Morgan fingerprint density at radius 3 is 1.57 bits per heavy atom. The van der Waals surface area contributed by atoms with Crippen LogP contribution in [0.1, 0.15) is 48.5 Å². The van der Waals surface area contributed by atoms with Crippen LogP contribution < -0.4 is 0 Å². The molecule has 0 rings (SSSR count). The van der Waals surface area contributed by atoms with Crippen molar-refractivity contribution < 1.29 is 0 Å². The first-order chi connectivity index (χ1) is 6.31. The minimum Gasteiger partial charge on any atom is -0.0867 e. The van der Waals surface area contributed by atoms with Crippen molar-refractivity contribution in [3.63, 3.8) is 0 Å². The summed E-state index contributed by atoms with van der Waals surface area (Å²) in [5.74, 6) is 0. The molecule has 1 heteroatoms. The molecule has 0 atom stereocenters. The molecule has 0 saturated heterocycles. The largest absolute Gasteiger partial charge is 0.0867 e. The van der Waals surface area contributed by atoms with Crippen LogP contribution in [0.5, 0.6) is 0 Å². The van der Waals surface area contributed by atoms with Crippen molar-refractivity contribution in [2.75, 3.05) is 0 Å². The van der Waals surface area contributed by atoms with Crippen LogP contribution in [0.2, 0.25) is 18.1 Å². The Labute approximate surface area is 91.8 Å². The first kappa shape index (κ1) is 14.0. The molecule has 0 amide bonds. The fourth-order valence-electron chi connectivity index (χ4n) is 2.39. The van der Waals surface area contributed by atoms with Gasteiger partial charge >= 0.3 is 0 Å². The molecule has 0 aromatic rings. The molecule has 0 radical (unpaired) electrons. The van der Waals surface area contributed by atoms with Crippen LogP contribution in [-0.2, 0) is 0 Å². The lowest BCUT2D eigenvalue weighted by molar-refractivity contribution is 0.541. The van der Waals surface area contributed by atoms with Crippen molar-refractivity contribution in [1.29, 1.82) is 0 Å². The van der Waals surface area contributed by atoms with Gasteiger partial charge < -0.3 is 0 Å². The standard InChI is InChI=1S/C13H28Si/c1-8-14(9-2,10-3)12(4)11-13(5,6)7/h11H,8-10H2,1-7H3/b12-11+. The Kier molecular flexibility index (Phi) is 5.14. The average molecular weight is 212 g/mol. The lowest BCUT2D eigenvalue weighted by Crippen LogP contribution is -2.34. The van der Waals surface area contributed by atoms with E-state index in [1.807, 2.05) is 0 Å². The SMILES string of the molecule is CC[Si](CC)(CC)/C(C)=C/C(C)(C)C. The third-order valence-corrected chi connectivity index (χ3v) is 9.39. The van der Waals surface area contributed by atoms with Gasteiger partial charge in [-0.3, -0.25) is 0 Å². The van der Waals surface area contributed by atoms with Crippen molar-refractivity contribution in [1.82, 2.24) is 0 Å². The number of allylic oxidation sites excluding steroid dienone is 2. The molecule has 0 aromatic heterocycles. The van der Waals surface area contributed by atoms with E-state index >= 15 is 0 Å². The summed E-state index contributed by atoms with van der Waals surface area (Å²) < 4.78 is 0. The van der Waals surface area contributed by atoms with Gasteiger partial charge in [0.2, 0.25) is 0 Å².